The number of ether oxygens (including phenoxy) is 2. The van der Waals surface area contributed by atoms with Gasteiger partial charge in [0, 0.05) is 31.2 Å². The Hall–Kier alpha value is -3.33. The smallest absolute Gasteiger partial charge is 0.343 e. The number of methoxy groups -OCH3 is 1. The number of aliphatic hydroxyl groups is 2. The van der Waals surface area contributed by atoms with Crippen molar-refractivity contribution in [1.82, 2.24) is 4.90 Å². The number of hydrogen-bond acceptors (Lipinski definition) is 7. The average molecular weight is 639 g/mol. The molecule has 45 heavy (non-hydrogen) atoms. The van der Waals surface area contributed by atoms with E-state index < -0.39 is 30.0 Å². The van der Waals surface area contributed by atoms with Crippen LogP contribution in [0.1, 0.15) is 62.1 Å². The first-order valence-corrected chi connectivity index (χ1v) is 16.2. The Morgan fingerprint density at radius 1 is 1.20 bits per heavy atom. The van der Waals surface area contributed by atoms with Crippen molar-refractivity contribution in [2.45, 2.75) is 76.2 Å². The molecule has 1 unspecified atom stereocenters. The van der Waals surface area contributed by atoms with Crippen LogP contribution in [0.3, 0.4) is 0 Å². The summed E-state index contributed by atoms with van der Waals surface area (Å²) in [4.78, 5) is 30.3. The maximum absolute atomic E-state index is 13.4. The minimum atomic E-state index is -2.22. The summed E-state index contributed by atoms with van der Waals surface area (Å²) in [6.45, 7) is 11.1. The largest absolute Gasteiger partial charge is 0.487 e. The van der Waals surface area contributed by atoms with Crippen LogP contribution in [0.15, 0.2) is 61.7 Å². The monoisotopic (exact) mass is 638 g/mol. The fourth-order valence-electron chi connectivity index (χ4n) is 6.37. The van der Waals surface area contributed by atoms with Crippen molar-refractivity contribution in [2.75, 3.05) is 32.1 Å². The lowest BCUT2D eigenvalue weighted by molar-refractivity contribution is -0.168. The third-order valence-electron chi connectivity index (χ3n) is 9.56. The fourth-order valence-corrected chi connectivity index (χ4v) is 6.57. The van der Waals surface area contributed by atoms with Crippen LogP contribution >= 0.6 is 11.6 Å². The number of hydrogen-bond donors (Lipinski definition) is 2. The van der Waals surface area contributed by atoms with Gasteiger partial charge < -0.3 is 29.5 Å². The van der Waals surface area contributed by atoms with Gasteiger partial charge in [0.2, 0.25) is 5.91 Å². The van der Waals surface area contributed by atoms with E-state index in [1.807, 2.05) is 25.1 Å². The molecule has 4 rings (SSSR count). The molecule has 0 spiro atoms. The van der Waals surface area contributed by atoms with Crippen molar-refractivity contribution in [2.24, 2.45) is 11.8 Å². The van der Waals surface area contributed by atoms with Gasteiger partial charge >= 0.3 is 5.97 Å². The summed E-state index contributed by atoms with van der Waals surface area (Å²) in [6.07, 6.45) is 7.40. The number of nitrogens with zero attached hydrogens (tertiary/aromatic N) is 2. The van der Waals surface area contributed by atoms with Gasteiger partial charge in [0.15, 0.2) is 5.60 Å². The Morgan fingerprint density at radius 3 is 2.64 bits per heavy atom. The summed E-state index contributed by atoms with van der Waals surface area (Å²) in [5.74, 6) is -0.373. The second-order valence-electron chi connectivity index (χ2n) is 12.4. The van der Waals surface area contributed by atoms with Crippen LogP contribution in [0.5, 0.6) is 5.75 Å². The average Bonchev–Trinajstić information content (AvgIpc) is 3.05. The van der Waals surface area contributed by atoms with Crippen LogP contribution in [0.25, 0.3) is 0 Å². The van der Waals surface area contributed by atoms with Crippen molar-refractivity contribution < 1.29 is 29.3 Å². The van der Waals surface area contributed by atoms with Gasteiger partial charge in [-0.1, -0.05) is 35.9 Å². The number of halogens is 1. The normalized spacial score (nSPS) is 20.8. The first-order valence-electron chi connectivity index (χ1n) is 15.8. The van der Waals surface area contributed by atoms with Gasteiger partial charge in [0.1, 0.15) is 12.4 Å². The third kappa shape index (κ3) is 7.91. The number of fused-ring (bicyclic) bond motifs is 2. The lowest BCUT2D eigenvalue weighted by atomic mass is 9.70. The van der Waals surface area contributed by atoms with E-state index in [0.717, 1.165) is 43.2 Å². The van der Waals surface area contributed by atoms with Crippen LogP contribution in [0.4, 0.5) is 5.69 Å². The fraction of sp³-hybridized carbons (Fsp3) is 0.500. The van der Waals surface area contributed by atoms with Gasteiger partial charge in [0.05, 0.1) is 25.3 Å². The lowest BCUT2D eigenvalue weighted by Crippen LogP contribution is -2.45. The maximum Gasteiger partial charge on any atom is 0.343 e. The van der Waals surface area contributed by atoms with Crippen LogP contribution in [0.2, 0.25) is 5.02 Å². The molecule has 1 saturated carbocycles. The summed E-state index contributed by atoms with van der Waals surface area (Å²) in [6, 6.07) is 10.8. The molecule has 2 aromatic rings. The first-order chi connectivity index (χ1) is 21.5. The Morgan fingerprint density at radius 2 is 1.98 bits per heavy atom. The predicted octanol–water partition coefficient (Wildman–Crippen LogP) is 5.81. The summed E-state index contributed by atoms with van der Waals surface area (Å²) >= 11 is 6.33. The van der Waals surface area contributed by atoms with Crippen molar-refractivity contribution in [3.63, 3.8) is 0 Å². The first kappa shape index (κ1) is 34.5. The summed E-state index contributed by atoms with van der Waals surface area (Å²) in [5, 5.41) is 23.2. The number of carbonyl (C=O) groups excluding carboxylic acids is 2. The predicted molar refractivity (Wildman–Crippen MR) is 177 cm³/mol. The Labute approximate surface area is 272 Å². The minimum Gasteiger partial charge on any atom is -0.487 e. The molecule has 8 nitrogen and oxygen atoms in total. The topological polar surface area (TPSA) is 99.5 Å². The van der Waals surface area contributed by atoms with Crippen molar-refractivity contribution in [3.05, 3.63) is 83.4 Å². The summed E-state index contributed by atoms with van der Waals surface area (Å²) in [7, 11) is 2.85. The zero-order valence-electron chi connectivity index (χ0n) is 26.7. The van der Waals surface area contributed by atoms with Gasteiger partial charge in [-0.15, -0.1) is 13.2 Å². The number of esters is 1. The van der Waals surface area contributed by atoms with Gasteiger partial charge in [0.25, 0.3) is 0 Å². The van der Waals surface area contributed by atoms with Gasteiger partial charge in [-0.3, -0.25) is 4.79 Å². The number of aryl methyl sites for hydroxylation is 1. The van der Waals surface area contributed by atoms with Crippen molar-refractivity contribution in [1.29, 1.82) is 0 Å². The third-order valence-corrected chi connectivity index (χ3v) is 9.79. The van der Waals surface area contributed by atoms with E-state index in [0.29, 0.717) is 42.6 Å². The van der Waals surface area contributed by atoms with E-state index in [2.05, 4.69) is 18.1 Å². The van der Waals surface area contributed by atoms with Crippen LogP contribution < -0.4 is 9.64 Å². The molecular weight excluding hydrogens is 592 g/mol. The van der Waals surface area contributed by atoms with Crippen molar-refractivity contribution in [3.8, 4) is 5.75 Å². The lowest BCUT2D eigenvalue weighted by Gasteiger charge is -2.42. The highest BCUT2D eigenvalue weighted by atomic mass is 35.5. The zero-order chi connectivity index (χ0) is 32.7. The number of aliphatic hydroxyl groups excluding tert-OH is 1. The SMILES string of the molecule is C=CC[C@@H](C)N(C)C(=O)CC(O)(C(=O)OC)c1ccc2c(c1)N(C[C@@H]1CC[C@H]1[C@@H](O)C=C)CCCCc1cc(Cl)ccc1CO2. The molecule has 1 aliphatic heterocycles. The van der Waals surface area contributed by atoms with E-state index in [-0.39, 0.29) is 23.4 Å². The number of rotatable bonds is 11. The molecule has 2 N–H and O–H groups in total. The standard InChI is InChI=1S/C36H47ClN2O6/c1-6-10-24(3)38(4)34(41)21-36(43,35(42)44-5)28-14-17-33-31(20-28)39(22-26-13-16-30(26)32(40)7-2)18-9-8-11-25-19-29(37)15-12-27(25)23-45-33/h6-7,12,14-15,17,19-20,24,26,30,32,40,43H,1-2,8-11,13,16,18,21-23H2,3-5H3/t24-,26+,30-,32+,36?/m1/s1. The van der Waals surface area contributed by atoms with Crippen molar-refractivity contribution >= 4 is 29.2 Å². The molecule has 2 aromatic carbocycles. The zero-order valence-corrected chi connectivity index (χ0v) is 27.5. The van der Waals surface area contributed by atoms with Crippen LogP contribution in [0, 0.1) is 11.8 Å². The maximum atomic E-state index is 13.4. The molecule has 1 aliphatic carbocycles. The molecule has 1 fully saturated rings. The Kier molecular flexibility index (Phi) is 11.7. The second kappa shape index (κ2) is 15.3. The number of amides is 1. The highest BCUT2D eigenvalue weighted by molar-refractivity contribution is 6.30. The second-order valence-corrected chi connectivity index (χ2v) is 12.9. The molecule has 0 saturated heterocycles. The Bertz CT molecular complexity index is 1380. The number of benzene rings is 2. The molecule has 0 radical (unpaired) electrons. The van der Waals surface area contributed by atoms with E-state index in [9.17, 15) is 19.8 Å². The van der Waals surface area contributed by atoms with Gasteiger partial charge in [-0.05, 0) is 98.2 Å². The quantitative estimate of drug-likeness (QED) is 0.237. The van der Waals surface area contributed by atoms with Gasteiger partial charge in [-0.2, -0.15) is 0 Å². The molecule has 0 bridgehead atoms. The highest BCUT2D eigenvalue weighted by Gasteiger charge is 2.43. The molecule has 5 atom stereocenters. The molecule has 244 valence electrons. The summed E-state index contributed by atoms with van der Waals surface area (Å²) < 4.78 is 11.5. The molecule has 9 heteroatoms. The Balaban J connectivity index is 1.75. The van der Waals surface area contributed by atoms with E-state index >= 15 is 0 Å². The van der Waals surface area contributed by atoms with E-state index in [1.165, 1.54) is 12.0 Å². The van der Waals surface area contributed by atoms with Crippen LogP contribution in [-0.4, -0.2) is 66.4 Å². The molecule has 1 amide bonds. The number of carbonyl (C=O) groups is 2. The minimum absolute atomic E-state index is 0.109. The summed E-state index contributed by atoms with van der Waals surface area (Å²) in [5.41, 5.74) is 0.937. The highest BCUT2D eigenvalue weighted by Crippen LogP contribution is 2.42. The molecule has 0 aromatic heterocycles. The number of anilines is 1. The van der Waals surface area contributed by atoms with E-state index in [1.54, 1.807) is 37.4 Å². The molecular formula is C36H47ClN2O6. The van der Waals surface area contributed by atoms with E-state index in [4.69, 9.17) is 21.1 Å². The van der Waals surface area contributed by atoms with Gasteiger partial charge in [-0.25, -0.2) is 4.79 Å². The van der Waals surface area contributed by atoms with Crippen LogP contribution in [-0.2, 0) is 33.0 Å². The molecule has 1 heterocycles. The molecule has 2 aliphatic rings.